The smallest absolute Gasteiger partial charge is 0.0465 e. The summed E-state index contributed by atoms with van der Waals surface area (Å²) in [6.45, 7) is 9.32. The molecule has 0 amide bonds. The highest BCUT2D eigenvalue weighted by molar-refractivity contribution is 6.35. The van der Waals surface area contributed by atoms with Gasteiger partial charge in [0.25, 0.3) is 0 Å². The van der Waals surface area contributed by atoms with Crippen LogP contribution >= 0.6 is 23.2 Å². The highest BCUT2D eigenvalue weighted by Gasteiger charge is 2.20. The maximum Gasteiger partial charge on any atom is 0.0465 e. The van der Waals surface area contributed by atoms with E-state index in [2.05, 4.69) is 41.8 Å². The van der Waals surface area contributed by atoms with Crippen LogP contribution in [0.15, 0.2) is 36.4 Å². The number of piperazine rings is 1. The molecule has 0 spiro atoms. The predicted octanol–water partition coefficient (Wildman–Crippen LogP) is 4.93. The van der Waals surface area contributed by atoms with Gasteiger partial charge < -0.3 is 4.90 Å². The third-order valence-electron chi connectivity index (χ3n) is 4.73. The lowest BCUT2D eigenvalue weighted by Gasteiger charge is -2.37. The molecule has 0 aromatic heterocycles. The van der Waals surface area contributed by atoms with Crippen LogP contribution < -0.4 is 4.90 Å². The maximum atomic E-state index is 6.29. The minimum atomic E-state index is 0.759. The topological polar surface area (TPSA) is 6.48 Å². The summed E-state index contributed by atoms with van der Waals surface area (Å²) in [4.78, 5) is 4.90. The fraction of sp³-hybridized carbons (Fsp3) is 0.368. The van der Waals surface area contributed by atoms with Crippen LogP contribution in [-0.2, 0) is 6.54 Å². The van der Waals surface area contributed by atoms with E-state index >= 15 is 0 Å². The Kier molecular flexibility index (Phi) is 5.15. The van der Waals surface area contributed by atoms with E-state index in [1.807, 2.05) is 18.2 Å². The molecule has 0 N–H and O–H groups in total. The van der Waals surface area contributed by atoms with Gasteiger partial charge in [-0.2, -0.15) is 0 Å². The van der Waals surface area contributed by atoms with Crippen molar-refractivity contribution in [2.75, 3.05) is 31.1 Å². The van der Waals surface area contributed by atoms with Crippen molar-refractivity contribution in [3.8, 4) is 0 Å². The Morgan fingerprint density at radius 3 is 2.13 bits per heavy atom. The third kappa shape index (κ3) is 3.65. The second-order valence-electron chi connectivity index (χ2n) is 6.18. The SMILES string of the molecule is Cc1cccc(N2CCN(Cc3c(Cl)cccc3Cl)CC2)c1C. The molecule has 0 radical (unpaired) electrons. The molecular weight excluding hydrogens is 327 g/mol. The molecule has 0 unspecified atom stereocenters. The average Bonchev–Trinajstić information content (AvgIpc) is 2.54. The van der Waals surface area contributed by atoms with E-state index in [9.17, 15) is 0 Å². The Bertz CT molecular complexity index is 672. The molecule has 1 saturated heterocycles. The number of aryl methyl sites for hydroxylation is 1. The van der Waals surface area contributed by atoms with Crippen LogP contribution in [0.4, 0.5) is 5.69 Å². The van der Waals surface area contributed by atoms with Crippen molar-refractivity contribution in [3.05, 3.63) is 63.1 Å². The molecule has 0 atom stereocenters. The number of hydrogen-bond donors (Lipinski definition) is 0. The third-order valence-corrected chi connectivity index (χ3v) is 5.44. The molecule has 23 heavy (non-hydrogen) atoms. The minimum absolute atomic E-state index is 0.759. The van der Waals surface area contributed by atoms with E-state index in [1.165, 1.54) is 16.8 Å². The number of rotatable bonds is 3. The maximum absolute atomic E-state index is 6.29. The number of benzene rings is 2. The first-order chi connectivity index (χ1) is 11.1. The Balaban J connectivity index is 1.66. The van der Waals surface area contributed by atoms with Crippen molar-refractivity contribution in [2.45, 2.75) is 20.4 Å². The van der Waals surface area contributed by atoms with Crippen LogP contribution in [0.3, 0.4) is 0 Å². The van der Waals surface area contributed by atoms with Gasteiger partial charge in [0.1, 0.15) is 0 Å². The Hall–Kier alpha value is -1.22. The van der Waals surface area contributed by atoms with Crippen LogP contribution in [0, 0.1) is 13.8 Å². The molecule has 3 rings (SSSR count). The van der Waals surface area contributed by atoms with Gasteiger partial charge >= 0.3 is 0 Å². The summed E-state index contributed by atoms with van der Waals surface area (Å²) in [6.07, 6.45) is 0. The molecule has 0 aliphatic carbocycles. The Labute approximate surface area is 148 Å². The van der Waals surface area contributed by atoms with Gasteiger partial charge in [-0.25, -0.2) is 0 Å². The van der Waals surface area contributed by atoms with Crippen molar-refractivity contribution in [3.63, 3.8) is 0 Å². The number of nitrogens with zero attached hydrogens (tertiary/aromatic N) is 2. The quantitative estimate of drug-likeness (QED) is 0.775. The fourth-order valence-electron chi connectivity index (χ4n) is 3.13. The fourth-order valence-corrected chi connectivity index (χ4v) is 3.65. The molecular formula is C19H22Cl2N2. The van der Waals surface area contributed by atoms with Gasteiger partial charge in [0.15, 0.2) is 0 Å². The second-order valence-corrected chi connectivity index (χ2v) is 7.00. The van der Waals surface area contributed by atoms with E-state index in [4.69, 9.17) is 23.2 Å². The highest BCUT2D eigenvalue weighted by Crippen LogP contribution is 2.27. The van der Waals surface area contributed by atoms with Crippen LogP contribution in [0.1, 0.15) is 16.7 Å². The van der Waals surface area contributed by atoms with Gasteiger partial charge in [-0.1, -0.05) is 41.4 Å². The Morgan fingerprint density at radius 2 is 1.48 bits per heavy atom. The first kappa shape index (κ1) is 16.6. The van der Waals surface area contributed by atoms with Crippen molar-refractivity contribution in [1.29, 1.82) is 0 Å². The number of halogens is 2. The van der Waals surface area contributed by atoms with E-state index in [1.54, 1.807) is 0 Å². The normalized spacial score (nSPS) is 15.9. The summed E-state index contributed by atoms with van der Waals surface area (Å²) in [7, 11) is 0. The van der Waals surface area contributed by atoms with Gasteiger partial charge in [0.05, 0.1) is 0 Å². The van der Waals surface area contributed by atoms with Crippen molar-refractivity contribution in [2.24, 2.45) is 0 Å². The zero-order valence-electron chi connectivity index (χ0n) is 13.6. The van der Waals surface area contributed by atoms with Gasteiger partial charge in [0, 0.05) is 54.0 Å². The molecule has 1 aliphatic rings. The van der Waals surface area contributed by atoms with Gasteiger partial charge in [-0.15, -0.1) is 0 Å². The first-order valence-corrected chi connectivity index (χ1v) is 8.78. The van der Waals surface area contributed by atoms with Gasteiger partial charge in [-0.3, -0.25) is 4.90 Å². The van der Waals surface area contributed by atoms with Crippen molar-refractivity contribution >= 4 is 28.9 Å². The van der Waals surface area contributed by atoms with Gasteiger partial charge in [0.2, 0.25) is 0 Å². The van der Waals surface area contributed by atoms with Crippen LogP contribution in [0.2, 0.25) is 10.0 Å². The van der Waals surface area contributed by atoms with E-state index in [0.717, 1.165) is 48.3 Å². The number of anilines is 1. The van der Waals surface area contributed by atoms with Gasteiger partial charge in [-0.05, 0) is 43.2 Å². The molecule has 2 aromatic rings. The molecule has 0 saturated carbocycles. The Morgan fingerprint density at radius 1 is 0.870 bits per heavy atom. The number of hydrogen-bond acceptors (Lipinski definition) is 2. The van der Waals surface area contributed by atoms with E-state index < -0.39 is 0 Å². The zero-order valence-corrected chi connectivity index (χ0v) is 15.2. The first-order valence-electron chi connectivity index (χ1n) is 8.02. The lowest BCUT2D eigenvalue weighted by Crippen LogP contribution is -2.46. The van der Waals surface area contributed by atoms with Crippen LogP contribution in [-0.4, -0.2) is 31.1 Å². The minimum Gasteiger partial charge on any atom is -0.369 e. The molecule has 122 valence electrons. The van der Waals surface area contributed by atoms with Crippen LogP contribution in [0.25, 0.3) is 0 Å². The molecule has 0 bridgehead atoms. The van der Waals surface area contributed by atoms with E-state index in [-0.39, 0.29) is 0 Å². The molecule has 1 fully saturated rings. The second kappa shape index (κ2) is 7.12. The monoisotopic (exact) mass is 348 g/mol. The molecule has 1 heterocycles. The standard InChI is InChI=1S/C19H22Cl2N2/c1-14-5-3-8-19(15(14)2)23-11-9-22(10-12-23)13-16-17(20)6-4-7-18(16)21/h3-8H,9-13H2,1-2H3. The van der Waals surface area contributed by atoms with Crippen molar-refractivity contribution in [1.82, 2.24) is 4.90 Å². The molecule has 1 aliphatic heterocycles. The summed E-state index contributed by atoms with van der Waals surface area (Å²) in [5.74, 6) is 0. The highest BCUT2D eigenvalue weighted by atomic mass is 35.5. The van der Waals surface area contributed by atoms with Crippen LogP contribution in [0.5, 0.6) is 0 Å². The molecule has 2 nitrogen and oxygen atoms in total. The lowest BCUT2D eigenvalue weighted by molar-refractivity contribution is 0.250. The van der Waals surface area contributed by atoms with Crippen molar-refractivity contribution < 1.29 is 0 Å². The predicted molar refractivity (Wildman–Crippen MR) is 99.9 cm³/mol. The summed E-state index contributed by atoms with van der Waals surface area (Å²) >= 11 is 12.6. The lowest BCUT2D eigenvalue weighted by atomic mass is 10.1. The molecule has 2 aromatic carbocycles. The summed E-state index contributed by atoms with van der Waals surface area (Å²) in [6, 6.07) is 12.3. The summed E-state index contributed by atoms with van der Waals surface area (Å²) in [5.41, 5.74) is 5.14. The largest absolute Gasteiger partial charge is 0.369 e. The zero-order chi connectivity index (χ0) is 16.4. The summed E-state index contributed by atoms with van der Waals surface area (Å²) < 4.78 is 0. The van der Waals surface area contributed by atoms with E-state index in [0.29, 0.717) is 0 Å². The molecule has 4 heteroatoms. The average molecular weight is 349 g/mol. The summed E-state index contributed by atoms with van der Waals surface area (Å²) in [5, 5.41) is 1.52.